The number of piperazine rings is 1. The molecule has 1 aliphatic rings. The molecule has 3 nitrogen and oxygen atoms in total. The summed E-state index contributed by atoms with van der Waals surface area (Å²) in [5, 5.41) is 4.57. The van der Waals surface area contributed by atoms with Gasteiger partial charge in [-0.2, -0.15) is 0 Å². The van der Waals surface area contributed by atoms with E-state index in [0.717, 1.165) is 32.6 Å². The minimum absolute atomic E-state index is 0.996. The molecule has 0 amide bonds. The van der Waals surface area contributed by atoms with Gasteiger partial charge in [0.05, 0.1) is 5.69 Å². The molecule has 0 saturated carbocycles. The van der Waals surface area contributed by atoms with Crippen molar-refractivity contribution in [1.82, 2.24) is 10.3 Å². The molecule has 0 aliphatic carbocycles. The Balaban J connectivity index is 1.77. The molecule has 1 N–H and O–H groups in total. The third-order valence-corrected chi connectivity index (χ3v) is 4.69. The van der Waals surface area contributed by atoms with Crippen LogP contribution in [0, 0.1) is 6.92 Å². The van der Waals surface area contributed by atoms with Crippen LogP contribution < -0.4 is 10.2 Å². The lowest BCUT2D eigenvalue weighted by Crippen LogP contribution is -2.43. The Morgan fingerprint density at radius 3 is 2.68 bits per heavy atom. The number of benzene rings is 1. The second kappa shape index (κ2) is 5.72. The summed E-state index contributed by atoms with van der Waals surface area (Å²) in [6.45, 7) is 6.38. The van der Waals surface area contributed by atoms with Crippen molar-refractivity contribution in [3.05, 3.63) is 46.5 Å². The van der Waals surface area contributed by atoms with E-state index in [1.54, 1.807) is 0 Å². The van der Waals surface area contributed by atoms with Gasteiger partial charge < -0.3 is 10.2 Å². The number of nitrogens with zero attached hydrogens (tertiary/aromatic N) is 2. The summed E-state index contributed by atoms with van der Waals surface area (Å²) < 4.78 is 0. The maximum atomic E-state index is 4.75. The molecule has 2 heterocycles. The average molecular weight is 273 g/mol. The Kier molecular flexibility index (Phi) is 3.80. The van der Waals surface area contributed by atoms with Crippen molar-refractivity contribution in [3.8, 4) is 0 Å². The van der Waals surface area contributed by atoms with Gasteiger partial charge in [0.1, 0.15) is 0 Å². The van der Waals surface area contributed by atoms with Crippen molar-refractivity contribution in [3.63, 3.8) is 0 Å². The lowest BCUT2D eigenvalue weighted by molar-refractivity contribution is 0.588. The Morgan fingerprint density at radius 2 is 1.95 bits per heavy atom. The first-order valence-electron chi connectivity index (χ1n) is 6.79. The van der Waals surface area contributed by atoms with Crippen LogP contribution in [-0.4, -0.2) is 31.2 Å². The summed E-state index contributed by atoms with van der Waals surface area (Å²) >= 11 is 1.85. The van der Waals surface area contributed by atoms with Crippen molar-refractivity contribution >= 4 is 16.5 Å². The third-order valence-electron chi connectivity index (χ3n) is 3.48. The van der Waals surface area contributed by atoms with Crippen molar-refractivity contribution in [2.45, 2.75) is 13.3 Å². The van der Waals surface area contributed by atoms with Gasteiger partial charge in [0.15, 0.2) is 5.13 Å². The van der Waals surface area contributed by atoms with Gasteiger partial charge in [-0.15, -0.1) is 11.3 Å². The van der Waals surface area contributed by atoms with E-state index < -0.39 is 0 Å². The molecular weight excluding hydrogens is 254 g/mol. The Hall–Kier alpha value is -1.39. The van der Waals surface area contributed by atoms with E-state index in [2.05, 4.69) is 47.5 Å². The molecular formula is C15H19N3S. The zero-order valence-corrected chi connectivity index (χ0v) is 12.0. The van der Waals surface area contributed by atoms with Crippen LogP contribution in [0.1, 0.15) is 16.1 Å². The van der Waals surface area contributed by atoms with Crippen LogP contribution in [0.25, 0.3) is 0 Å². The molecule has 1 aromatic heterocycles. The number of anilines is 1. The summed E-state index contributed by atoms with van der Waals surface area (Å²) in [5.41, 5.74) is 2.54. The van der Waals surface area contributed by atoms with Crippen molar-refractivity contribution in [2.75, 3.05) is 31.1 Å². The topological polar surface area (TPSA) is 28.2 Å². The number of nitrogens with one attached hydrogen (secondary N) is 1. The second-order valence-corrected chi connectivity index (χ2v) is 5.97. The van der Waals surface area contributed by atoms with Crippen molar-refractivity contribution in [2.24, 2.45) is 0 Å². The largest absolute Gasteiger partial charge is 0.346 e. The fourth-order valence-electron chi connectivity index (χ4n) is 2.35. The van der Waals surface area contributed by atoms with Gasteiger partial charge >= 0.3 is 0 Å². The van der Waals surface area contributed by atoms with Gasteiger partial charge in [0, 0.05) is 37.5 Å². The molecule has 4 heteroatoms. The number of hydrogen-bond acceptors (Lipinski definition) is 4. The molecule has 1 fully saturated rings. The van der Waals surface area contributed by atoms with Crippen LogP contribution in [0.15, 0.2) is 30.3 Å². The molecule has 2 aromatic rings. The standard InChI is InChI=1S/C15H19N3S/c1-12-14(11-13-5-3-2-4-6-13)19-15(17-12)18-9-7-16-8-10-18/h2-6,16H,7-11H2,1H3. The molecule has 19 heavy (non-hydrogen) atoms. The first-order chi connectivity index (χ1) is 9.33. The molecule has 0 atom stereocenters. The van der Waals surface area contributed by atoms with Gasteiger partial charge in [0.2, 0.25) is 0 Å². The van der Waals surface area contributed by atoms with E-state index in [9.17, 15) is 0 Å². The summed E-state index contributed by atoms with van der Waals surface area (Å²) in [6.07, 6.45) is 0.996. The van der Waals surface area contributed by atoms with Crippen molar-refractivity contribution in [1.29, 1.82) is 0 Å². The maximum absolute atomic E-state index is 4.75. The minimum atomic E-state index is 0.996. The average Bonchev–Trinajstić information content (AvgIpc) is 2.82. The van der Waals surface area contributed by atoms with Crippen LogP contribution in [0.2, 0.25) is 0 Å². The highest BCUT2D eigenvalue weighted by atomic mass is 32.1. The Morgan fingerprint density at radius 1 is 1.21 bits per heavy atom. The van der Waals surface area contributed by atoms with E-state index in [1.165, 1.54) is 21.3 Å². The third kappa shape index (κ3) is 2.96. The summed E-state index contributed by atoms with van der Waals surface area (Å²) in [7, 11) is 0. The molecule has 1 aliphatic heterocycles. The quantitative estimate of drug-likeness (QED) is 0.931. The monoisotopic (exact) mass is 273 g/mol. The van der Waals surface area contributed by atoms with Crippen molar-refractivity contribution < 1.29 is 0 Å². The molecule has 0 bridgehead atoms. The lowest BCUT2D eigenvalue weighted by atomic mass is 10.1. The molecule has 0 radical (unpaired) electrons. The highest BCUT2D eigenvalue weighted by Gasteiger charge is 2.16. The van der Waals surface area contributed by atoms with Gasteiger partial charge in [-0.05, 0) is 12.5 Å². The lowest BCUT2D eigenvalue weighted by Gasteiger charge is -2.26. The first-order valence-corrected chi connectivity index (χ1v) is 7.60. The van der Waals surface area contributed by atoms with E-state index in [1.807, 2.05) is 11.3 Å². The fourth-order valence-corrected chi connectivity index (χ4v) is 3.50. The molecule has 100 valence electrons. The second-order valence-electron chi connectivity index (χ2n) is 4.90. The predicted octanol–water partition coefficient (Wildman–Crippen LogP) is 2.45. The molecule has 0 unspecified atom stereocenters. The SMILES string of the molecule is Cc1nc(N2CCNCC2)sc1Cc1ccccc1. The molecule has 3 rings (SSSR count). The highest BCUT2D eigenvalue weighted by Crippen LogP contribution is 2.28. The van der Waals surface area contributed by atoms with Crippen LogP contribution in [0.4, 0.5) is 5.13 Å². The van der Waals surface area contributed by atoms with E-state index in [4.69, 9.17) is 4.98 Å². The van der Waals surface area contributed by atoms with Crippen LogP contribution >= 0.6 is 11.3 Å². The van der Waals surface area contributed by atoms with Crippen LogP contribution in [0.3, 0.4) is 0 Å². The maximum Gasteiger partial charge on any atom is 0.185 e. The van der Waals surface area contributed by atoms with Crippen LogP contribution in [0.5, 0.6) is 0 Å². The fraction of sp³-hybridized carbons (Fsp3) is 0.400. The number of rotatable bonds is 3. The van der Waals surface area contributed by atoms with E-state index in [0.29, 0.717) is 0 Å². The first kappa shape index (κ1) is 12.6. The summed E-state index contributed by atoms with van der Waals surface area (Å²) in [4.78, 5) is 8.53. The van der Waals surface area contributed by atoms with E-state index in [-0.39, 0.29) is 0 Å². The smallest absolute Gasteiger partial charge is 0.185 e. The Bertz CT molecular complexity index is 530. The van der Waals surface area contributed by atoms with Crippen LogP contribution in [-0.2, 0) is 6.42 Å². The number of aromatic nitrogens is 1. The normalized spacial score (nSPS) is 15.7. The summed E-state index contributed by atoms with van der Waals surface area (Å²) in [6, 6.07) is 10.6. The highest BCUT2D eigenvalue weighted by molar-refractivity contribution is 7.15. The molecule has 1 saturated heterocycles. The van der Waals surface area contributed by atoms with Gasteiger partial charge in [0.25, 0.3) is 0 Å². The van der Waals surface area contributed by atoms with Gasteiger partial charge in [-0.1, -0.05) is 30.3 Å². The number of aryl methyl sites for hydroxylation is 1. The zero-order chi connectivity index (χ0) is 13.1. The number of hydrogen-bond donors (Lipinski definition) is 1. The predicted molar refractivity (Wildman–Crippen MR) is 81.2 cm³/mol. The zero-order valence-electron chi connectivity index (χ0n) is 11.2. The molecule has 1 aromatic carbocycles. The Labute approximate surface area is 118 Å². The summed E-state index contributed by atoms with van der Waals surface area (Å²) in [5.74, 6) is 0. The molecule has 0 spiro atoms. The van der Waals surface area contributed by atoms with E-state index >= 15 is 0 Å². The number of thiazole rings is 1. The minimum Gasteiger partial charge on any atom is -0.346 e. The van der Waals surface area contributed by atoms with Gasteiger partial charge in [-0.25, -0.2) is 4.98 Å². The van der Waals surface area contributed by atoms with Gasteiger partial charge in [-0.3, -0.25) is 0 Å².